The molecule has 0 saturated carbocycles. The standard InChI is InChI=1S/C11H21N3/c1-5-9(2)10(3)13-7-11-6-12-8-14(11)4/h6,8-10,13H,5,7H2,1-4H3. The number of aryl methyl sites for hydroxylation is 1. The number of aromatic nitrogens is 2. The molecule has 0 aromatic carbocycles. The third kappa shape index (κ3) is 2.84. The molecule has 1 aromatic heterocycles. The summed E-state index contributed by atoms with van der Waals surface area (Å²) < 4.78 is 2.05. The van der Waals surface area contributed by atoms with Gasteiger partial charge in [-0.25, -0.2) is 4.98 Å². The predicted molar refractivity (Wildman–Crippen MR) is 59.0 cm³/mol. The molecule has 0 aliphatic rings. The molecule has 1 N–H and O–H groups in total. The van der Waals surface area contributed by atoms with Gasteiger partial charge in [0.15, 0.2) is 0 Å². The van der Waals surface area contributed by atoms with Crippen LogP contribution in [0.3, 0.4) is 0 Å². The van der Waals surface area contributed by atoms with Gasteiger partial charge in [0, 0.05) is 25.8 Å². The zero-order chi connectivity index (χ0) is 10.6. The monoisotopic (exact) mass is 195 g/mol. The number of nitrogens with one attached hydrogen (secondary N) is 1. The van der Waals surface area contributed by atoms with Crippen molar-refractivity contribution in [3.8, 4) is 0 Å². The van der Waals surface area contributed by atoms with Crippen LogP contribution in [0.5, 0.6) is 0 Å². The van der Waals surface area contributed by atoms with Crippen LogP contribution < -0.4 is 5.32 Å². The van der Waals surface area contributed by atoms with Gasteiger partial charge in [-0.2, -0.15) is 0 Å². The maximum Gasteiger partial charge on any atom is 0.0945 e. The molecule has 1 heterocycles. The summed E-state index contributed by atoms with van der Waals surface area (Å²) in [6.07, 6.45) is 4.97. The minimum Gasteiger partial charge on any atom is -0.337 e. The van der Waals surface area contributed by atoms with Crippen LogP contribution in [-0.2, 0) is 13.6 Å². The summed E-state index contributed by atoms with van der Waals surface area (Å²) in [4.78, 5) is 4.09. The second-order valence-electron chi connectivity index (χ2n) is 4.05. The van der Waals surface area contributed by atoms with Crippen molar-refractivity contribution in [3.05, 3.63) is 18.2 Å². The van der Waals surface area contributed by atoms with E-state index in [9.17, 15) is 0 Å². The van der Waals surface area contributed by atoms with Crippen LogP contribution in [0.25, 0.3) is 0 Å². The van der Waals surface area contributed by atoms with Crippen LogP contribution in [0, 0.1) is 5.92 Å². The summed E-state index contributed by atoms with van der Waals surface area (Å²) >= 11 is 0. The van der Waals surface area contributed by atoms with Crippen molar-refractivity contribution >= 4 is 0 Å². The van der Waals surface area contributed by atoms with Crippen LogP contribution in [0.4, 0.5) is 0 Å². The van der Waals surface area contributed by atoms with Crippen molar-refractivity contribution in [1.29, 1.82) is 0 Å². The third-order valence-corrected chi connectivity index (χ3v) is 3.02. The van der Waals surface area contributed by atoms with Crippen molar-refractivity contribution in [2.24, 2.45) is 13.0 Å². The first-order valence-corrected chi connectivity index (χ1v) is 5.33. The molecule has 3 nitrogen and oxygen atoms in total. The quantitative estimate of drug-likeness (QED) is 0.778. The molecule has 0 saturated heterocycles. The van der Waals surface area contributed by atoms with E-state index in [1.165, 1.54) is 12.1 Å². The second kappa shape index (κ2) is 5.15. The van der Waals surface area contributed by atoms with Crippen molar-refractivity contribution in [1.82, 2.24) is 14.9 Å². The van der Waals surface area contributed by atoms with E-state index in [0.29, 0.717) is 6.04 Å². The lowest BCUT2D eigenvalue weighted by Gasteiger charge is -2.19. The highest BCUT2D eigenvalue weighted by molar-refractivity contribution is 4.97. The van der Waals surface area contributed by atoms with Gasteiger partial charge >= 0.3 is 0 Å². The van der Waals surface area contributed by atoms with E-state index < -0.39 is 0 Å². The van der Waals surface area contributed by atoms with E-state index in [-0.39, 0.29) is 0 Å². The van der Waals surface area contributed by atoms with Gasteiger partial charge in [-0.1, -0.05) is 20.3 Å². The molecule has 3 heteroatoms. The smallest absolute Gasteiger partial charge is 0.0945 e. The topological polar surface area (TPSA) is 29.9 Å². The Balaban J connectivity index is 2.37. The predicted octanol–water partition coefficient (Wildman–Crippen LogP) is 1.94. The van der Waals surface area contributed by atoms with Crippen molar-refractivity contribution in [2.75, 3.05) is 0 Å². The van der Waals surface area contributed by atoms with Crippen LogP contribution >= 0.6 is 0 Å². The molecule has 14 heavy (non-hydrogen) atoms. The van der Waals surface area contributed by atoms with Crippen LogP contribution in [0.15, 0.2) is 12.5 Å². The Morgan fingerprint density at radius 3 is 2.71 bits per heavy atom. The molecule has 2 unspecified atom stereocenters. The Bertz CT molecular complexity index is 267. The van der Waals surface area contributed by atoms with Gasteiger partial charge in [-0.15, -0.1) is 0 Å². The first kappa shape index (κ1) is 11.2. The van der Waals surface area contributed by atoms with Gasteiger partial charge < -0.3 is 9.88 Å². The van der Waals surface area contributed by atoms with Crippen molar-refractivity contribution < 1.29 is 0 Å². The summed E-state index contributed by atoms with van der Waals surface area (Å²) in [5, 5.41) is 3.52. The zero-order valence-corrected chi connectivity index (χ0v) is 9.62. The number of nitrogens with zero attached hydrogens (tertiary/aromatic N) is 2. The maximum atomic E-state index is 4.09. The number of hydrogen-bond donors (Lipinski definition) is 1. The number of rotatable bonds is 5. The maximum absolute atomic E-state index is 4.09. The molecule has 1 aromatic rings. The average molecular weight is 195 g/mol. The Kier molecular flexibility index (Phi) is 4.14. The molecular formula is C11H21N3. The average Bonchev–Trinajstić information content (AvgIpc) is 2.59. The van der Waals surface area contributed by atoms with Crippen LogP contribution in [-0.4, -0.2) is 15.6 Å². The van der Waals surface area contributed by atoms with Crippen molar-refractivity contribution in [3.63, 3.8) is 0 Å². The van der Waals surface area contributed by atoms with E-state index in [0.717, 1.165) is 12.5 Å². The number of hydrogen-bond acceptors (Lipinski definition) is 2. The minimum absolute atomic E-state index is 0.565. The van der Waals surface area contributed by atoms with Gasteiger partial charge in [-0.05, 0) is 12.8 Å². The lowest BCUT2D eigenvalue weighted by molar-refractivity contribution is 0.386. The van der Waals surface area contributed by atoms with Crippen LogP contribution in [0.1, 0.15) is 32.9 Å². The highest BCUT2D eigenvalue weighted by Crippen LogP contribution is 2.07. The summed E-state index contributed by atoms with van der Waals surface area (Å²) in [5.41, 5.74) is 1.24. The van der Waals surface area contributed by atoms with Crippen LogP contribution in [0.2, 0.25) is 0 Å². The molecule has 0 bridgehead atoms. The fourth-order valence-electron chi connectivity index (χ4n) is 1.38. The Labute approximate surface area is 86.5 Å². The number of imidazole rings is 1. The fraction of sp³-hybridized carbons (Fsp3) is 0.727. The molecule has 0 amide bonds. The lowest BCUT2D eigenvalue weighted by atomic mass is 10.0. The van der Waals surface area contributed by atoms with E-state index in [2.05, 4.69) is 35.6 Å². The van der Waals surface area contributed by atoms with Gasteiger partial charge in [0.25, 0.3) is 0 Å². The Morgan fingerprint density at radius 1 is 1.50 bits per heavy atom. The second-order valence-corrected chi connectivity index (χ2v) is 4.05. The summed E-state index contributed by atoms with van der Waals surface area (Å²) in [6.45, 7) is 7.65. The van der Waals surface area contributed by atoms with Gasteiger partial charge in [-0.3, -0.25) is 0 Å². The van der Waals surface area contributed by atoms with Crippen molar-refractivity contribution in [2.45, 2.75) is 39.8 Å². The molecule has 0 spiro atoms. The highest BCUT2D eigenvalue weighted by Gasteiger charge is 2.09. The molecule has 0 aliphatic carbocycles. The normalized spacial score (nSPS) is 15.4. The largest absolute Gasteiger partial charge is 0.337 e. The lowest BCUT2D eigenvalue weighted by Crippen LogP contribution is -2.31. The van der Waals surface area contributed by atoms with Gasteiger partial charge in [0.05, 0.1) is 12.0 Å². The molecule has 80 valence electrons. The Morgan fingerprint density at radius 2 is 2.21 bits per heavy atom. The highest BCUT2D eigenvalue weighted by atomic mass is 15.0. The first-order chi connectivity index (χ1) is 6.65. The van der Waals surface area contributed by atoms with E-state index in [4.69, 9.17) is 0 Å². The third-order valence-electron chi connectivity index (χ3n) is 3.02. The molecular weight excluding hydrogens is 174 g/mol. The summed E-state index contributed by atoms with van der Waals surface area (Å²) in [5.74, 6) is 0.725. The molecule has 0 fully saturated rings. The summed E-state index contributed by atoms with van der Waals surface area (Å²) in [7, 11) is 2.03. The fourth-order valence-corrected chi connectivity index (χ4v) is 1.38. The molecule has 0 aliphatic heterocycles. The van der Waals surface area contributed by atoms with E-state index in [1.807, 2.05) is 19.6 Å². The Hall–Kier alpha value is -0.830. The molecule has 0 radical (unpaired) electrons. The molecule has 2 atom stereocenters. The molecule has 1 rings (SSSR count). The van der Waals surface area contributed by atoms with E-state index >= 15 is 0 Å². The first-order valence-electron chi connectivity index (χ1n) is 5.33. The minimum atomic E-state index is 0.565. The SMILES string of the molecule is CCC(C)C(C)NCc1cncn1C. The summed E-state index contributed by atoms with van der Waals surface area (Å²) in [6, 6.07) is 0.565. The van der Waals surface area contributed by atoms with Gasteiger partial charge in [0.1, 0.15) is 0 Å². The zero-order valence-electron chi connectivity index (χ0n) is 9.62. The van der Waals surface area contributed by atoms with Gasteiger partial charge in [0.2, 0.25) is 0 Å². The van der Waals surface area contributed by atoms with E-state index in [1.54, 1.807) is 0 Å².